The second-order valence-electron chi connectivity index (χ2n) is 7.45. The molecule has 0 radical (unpaired) electrons. The smallest absolute Gasteiger partial charge is 0.341 e. The highest BCUT2D eigenvalue weighted by Crippen LogP contribution is 2.39. The Morgan fingerprint density at radius 3 is 2.80 bits per heavy atom. The van der Waals surface area contributed by atoms with Crippen LogP contribution in [-0.2, 0) is 22.4 Å². The Morgan fingerprint density at radius 2 is 2.00 bits per heavy atom. The van der Waals surface area contributed by atoms with E-state index in [1.54, 1.807) is 0 Å². The van der Waals surface area contributed by atoms with Gasteiger partial charge in [-0.25, -0.2) is 9.78 Å². The Hall–Kier alpha value is -2.38. The lowest BCUT2D eigenvalue weighted by atomic mass is 9.95. The van der Waals surface area contributed by atoms with Crippen LogP contribution in [-0.4, -0.2) is 29.2 Å². The van der Waals surface area contributed by atoms with Crippen molar-refractivity contribution in [2.24, 2.45) is 0 Å². The number of para-hydroxylation sites is 1. The Bertz CT molecular complexity index is 1120. The van der Waals surface area contributed by atoms with Crippen molar-refractivity contribution in [3.63, 3.8) is 0 Å². The lowest BCUT2D eigenvalue weighted by Crippen LogP contribution is -2.23. The number of nitrogens with zero attached hydrogens (tertiary/aromatic N) is 1. The van der Waals surface area contributed by atoms with Crippen molar-refractivity contribution < 1.29 is 14.3 Å². The summed E-state index contributed by atoms with van der Waals surface area (Å²) in [5.74, 6) is -0.520. The van der Waals surface area contributed by atoms with Crippen LogP contribution in [0.5, 0.6) is 0 Å². The molecule has 2 heterocycles. The van der Waals surface area contributed by atoms with Gasteiger partial charge in [0.15, 0.2) is 0 Å². The Kier molecular flexibility index (Phi) is 6.11. The van der Waals surface area contributed by atoms with Crippen LogP contribution in [0.1, 0.15) is 46.1 Å². The molecule has 0 spiro atoms. The average molecular weight is 441 g/mol. The van der Waals surface area contributed by atoms with E-state index >= 15 is 0 Å². The van der Waals surface area contributed by atoms with Crippen LogP contribution in [0, 0.1) is 6.92 Å². The molecule has 7 heteroatoms. The molecule has 0 aliphatic heterocycles. The molecule has 0 saturated carbocycles. The molecule has 3 aromatic rings. The number of anilines is 1. The zero-order valence-electron chi connectivity index (χ0n) is 17.3. The number of methoxy groups -OCH3 is 1. The molecular formula is C23H24N2O3S2. The van der Waals surface area contributed by atoms with Gasteiger partial charge in [0.25, 0.3) is 0 Å². The predicted molar refractivity (Wildman–Crippen MR) is 123 cm³/mol. The van der Waals surface area contributed by atoms with Gasteiger partial charge in [-0.1, -0.05) is 30.0 Å². The number of ether oxygens (including phenoxy) is 1. The minimum Gasteiger partial charge on any atom is -0.465 e. The van der Waals surface area contributed by atoms with E-state index in [9.17, 15) is 9.59 Å². The van der Waals surface area contributed by atoms with Crippen molar-refractivity contribution in [3.05, 3.63) is 51.9 Å². The lowest BCUT2D eigenvalue weighted by molar-refractivity contribution is -0.115. The maximum absolute atomic E-state index is 12.9. The Balaban J connectivity index is 1.54. The molecule has 0 bridgehead atoms. The summed E-state index contributed by atoms with van der Waals surface area (Å²) in [6, 6.07) is 10.0. The lowest BCUT2D eigenvalue weighted by Gasteiger charge is -2.13. The number of aromatic nitrogens is 1. The fourth-order valence-corrected chi connectivity index (χ4v) is 6.00. The summed E-state index contributed by atoms with van der Waals surface area (Å²) in [4.78, 5) is 31.2. The molecule has 1 aliphatic carbocycles. The summed E-state index contributed by atoms with van der Waals surface area (Å²) in [5, 5.41) is 5.16. The molecule has 5 nitrogen and oxygen atoms in total. The van der Waals surface area contributed by atoms with Crippen molar-refractivity contribution in [3.8, 4) is 0 Å². The number of hydrogen-bond donors (Lipinski definition) is 1. The van der Waals surface area contributed by atoms with E-state index in [0.29, 0.717) is 10.6 Å². The fourth-order valence-electron chi connectivity index (χ4n) is 3.80. The molecule has 2 aromatic heterocycles. The van der Waals surface area contributed by atoms with E-state index in [1.807, 2.05) is 31.2 Å². The Morgan fingerprint density at radius 1 is 1.23 bits per heavy atom. The van der Waals surface area contributed by atoms with Crippen LogP contribution in [0.4, 0.5) is 5.00 Å². The topological polar surface area (TPSA) is 68.3 Å². The minimum atomic E-state index is -0.378. The van der Waals surface area contributed by atoms with Gasteiger partial charge in [-0.3, -0.25) is 4.79 Å². The van der Waals surface area contributed by atoms with Crippen molar-refractivity contribution in [2.75, 3.05) is 12.4 Å². The van der Waals surface area contributed by atoms with Crippen molar-refractivity contribution in [2.45, 2.75) is 49.8 Å². The normalized spacial score (nSPS) is 14.2. The molecule has 1 unspecified atom stereocenters. The van der Waals surface area contributed by atoms with Crippen LogP contribution in [0.15, 0.2) is 35.4 Å². The molecule has 156 valence electrons. The monoisotopic (exact) mass is 440 g/mol. The van der Waals surface area contributed by atoms with Crippen molar-refractivity contribution >= 4 is 50.9 Å². The number of amides is 1. The molecule has 4 rings (SSSR count). The quantitative estimate of drug-likeness (QED) is 0.426. The van der Waals surface area contributed by atoms with Crippen LogP contribution in [0.3, 0.4) is 0 Å². The molecule has 1 N–H and O–H groups in total. The SMILES string of the molecule is COC(=O)c1c(NC(=O)C(C)Sc2cc(C)c3ccccc3n2)sc2c1CCCC2. The number of carbonyl (C=O) groups is 2. The first-order chi connectivity index (χ1) is 14.5. The second-order valence-corrected chi connectivity index (χ2v) is 9.92. The second kappa shape index (κ2) is 8.78. The summed E-state index contributed by atoms with van der Waals surface area (Å²) in [6.07, 6.45) is 3.97. The number of fused-ring (bicyclic) bond motifs is 2. The standard InChI is InChI=1S/C23H24N2O3S2/c1-13-12-19(24-17-10-6-4-8-15(13)17)29-14(2)21(26)25-22-20(23(27)28-3)16-9-5-7-11-18(16)30-22/h4,6,8,10,12,14H,5,7,9,11H2,1-3H3,(H,25,26). The largest absolute Gasteiger partial charge is 0.465 e. The van der Waals surface area contributed by atoms with E-state index in [-0.39, 0.29) is 17.1 Å². The Labute approximate surface area is 184 Å². The molecule has 1 aliphatic rings. The molecular weight excluding hydrogens is 416 g/mol. The third kappa shape index (κ3) is 4.09. The zero-order valence-corrected chi connectivity index (χ0v) is 18.9. The van der Waals surface area contributed by atoms with E-state index in [4.69, 9.17) is 4.74 Å². The van der Waals surface area contributed by atoms with E-state index < -0.39 is 0 Å². The number of esters is 1. The van der Waals surface area contributed by atoms with Crippen molar-refractivity contribution in [1.29, 1.82) is 0 Å². The van der Waals surface area contributed by atoms with Gasteiger partial charge in [0.2, 0.25) is 5.91 Å². The molecule has 0 saturated heterocycles. The van der Waals surface area contributed by atoms with Gasteiger partial charge in [-0.15, -0.1) is 11.3 Å². The molecule has 1 atom stereocenters. The van der Waals surface area contributed by atoms with Gasteiger partial charge in [0.05, 0.1) is 28.5 Å². The van der Waals surface area contributed by atoms with Gasteiger partial charge >= 0.3 is 5.97 Å². The maximum Gasteiger partial charge on any atom is 0.341 e. The number of benzene rings is 1. The molecule has 1 amide bonds. The first kappa shape index (κ1) is 20.9. The highest BCUT2D eigenvalue weighted by atomic mass is 32.2. The molecule has 1 aromatic carbocycles. The van der Waals surface area contributed by atoms with Gasteiger partial charge in [-0.2, -0.15) is 0 Å². The molecule has 30 heavy (non-hydrogen) atoms. The van der Waals surface area contributed by atoms with E-state index in [0.717, 1.165) is 52.7 Å². The van der Waals surface area contributed by atoms with E-state index in [1.165, 1.54) is 35.1 Å². The van der Waals surface area contributed by atoms with Crippen LogP contribution in [0.25, 0.3) is 10.9 Å². The van der Waals surface area contributed by atoms with Gasteiger partial charge < -0.3 is 10.1 Å². The zero-order chi connectivity index (χ0) is 21.3. The average Bonchev–Trinajstić information content (AvgIpc) is 3.11. The van der Waals surface area contributed by atoms with Crippen LogP contribution >= 0.6 is 23.1 Å². The van der Waals surface area contributed by atoms with Gasteiger partial charge in [-0.05, 0) is 62.8 Å². The summed E-state index contributed by atoms with van der Waals surface area (Å²) >= 11 is 2.92. The highest BCUT2D eigenvalue weighted by molar-refractivity contribution is 8.00. The summed E-state index contributed by atoms with van der Waals surface area (Å²) in [5.41, 5.74) is 3.63. The number of thiophene rings is 1. The van der Waals surface area contributed by atoms with E-state index in [2.05, 4.69) is 23.3 Å². The van der Waals surface area contributed by atoms with Crippen molar-refractivity contribution in [1.82, 2.24) is 4.98 Å². The summed E-state index contributed by atoms with van der Waals surface area (Å²) in [7, 11) is 1.38. The van der Waals surface area contributed by atoms with Gasteiger partial charge in [0.1, 0.15) is 5.00 Å². The number of rotatable bonds is 5. The first-order valence-corrected chi connectivity index (χ1v) is 11.7. The number of pyridine rings is 1. The third-order valence-electron chi connectivity index (χ3n) is 5.36. The van der Waals surface area contributed by atoms with Gasteiger partial charge in [0, 0.05) is 10.3 Å². The fraction of sp³-hybridized carbons (Fsp3) is 0.348. The third-order valence-corrected chi connectivity index (χ3v) is 7.59. The predicted octanol–water partition coefficient (Wildman–Crippen LogP) is 5.39. The maximum atomic E-state index is 12.9. The number of aryl methyl sites for hydroxylation is 2. The van der Waals surface area contributed by atoms with Crippen LogP contribution < -0.4 is 5.32 Å². The number of hydrogen-bond acceptors (Lipinski definition) is 6. The number of carbonyl (C=O) groups excluding carboxylic acids is 2. The summed E-state index contributed by atoms with van der Waals surface area (Å²) in [6.45, 7) is 3.91. The molecule has 0 fully saturated rings. The number of nitrogens with one attached hydrogen (secondary N) is 1. The summed E-state index contributed by atoms with van der Waals surface area (Å²) < 4.78 is 4.99. The first-order valence-electron chi connectivity index (χ1n) is 10.0. The minimum absolute atomic E-state index is 0.142. The highest BCUT2D eigenvalue weighted by Gasteiger charge is 2.28. The number of thioether (sulfide) groups is 1. The van der Waals surface area contributed by atoms with Crippen LogP contribution in [0.2, 0.25) is 0 Å².